The quantitative estimate of drug-likeness (QED) is 0.546. The van der Waals surface area contributed by atoms with Gasteiger partial charge in [0.25, 0.3) is 0 Å². The second-order valence-electron chi connectivity index (χ2n) is 10.1. The van der Waals surface area contributed by atoms with Gasteiger partial charge in [0.15, 0.2) is 0 Å². The topological polar surface area (TPSA) is 41.3 Å². The summed E-state index contributed by atoms with van der Waals surface area (Å²) < 4.78 is 16.3. The first-order valence-electron chi connectivity index (χ1n) is 11.8. The lowest BCUT2D eigenvalue weighted by atomic mass is 9.57. The number of benzene rings is 2. The number of aryl methyl sites for hydroxylation is 1. The van der Waals surface area contributed by atoms with Crippen molar-refractivity contribution in [3.05, 3.63) is 82.4 Å². The van der Waals surface area contributed by atoms with Crippen molar-refractivity contribution >= 4 is 11.8 Å². The van der Waals surface area contributed by atoms with Crippen LogP contribution < -0.4 is 4.90 Å². The molecule has 3 atom stereocenters. The highest BCUT2D eigenvalue weighted by atomic mass is 19.1. The van der Waals surface area contributed by atoms with Crippen LogP contribution in [0.4, 0.5) is 10.1 Å². The van der Waals surface area contributed by atoms with Gasteiger partial charge in [0.05, 0.1) is 29.4 Å². The smallest absolute Gasteiger partial charge is 0.146 e. The van der Waals surface area contributed by atoms with Gasteiger partial charge in [0.2, 0.25) is 0 Å². The van der Waals surface area contributed by atoms with E-state index in [9.17, 15) is 9.50 Å². The van der Waals surface area contributed by atoms with Gasteiger partial charge in [0, 0.05) is 14.1 Å². The zero-order valence-corrected chi connectivity index (χ0v) is 19.8. The third-order valence-corrected chi connectivity index (χ3v) is 7.72. The minimum absolute atomic E-state index is 0.0637. The fourth-order valence-electron chi connectivity index (χ4n) is 5.77. The number of halogens is 1. The Bertz CT molecular complexity index is 1210. The molecule has 0 radical (unpaired) electrons. The molecule has 1 heterocycles. The fourth-order valence-corrected chi connectivity index (χ4v) is 5.77. The van der Waals surface area contributed by atoms with Gasteiger partial charge >= 0.3 is 0 Å². The van der Waals surface area contributed by atoms with Crippen molar-refractivity contribution in [2.24, 2.45) is 11.3 Å². The van der Waals surface area contributed by atoms with E-state index in [0.717, 1.165) is 42.6 Å². The Hall–Kier alpha value is -2.92. The van der Waals surface area contributed by atoms with Gasteiger partial charge in [-0.2, -0.15) is 5.10 Å². The van der Waals surface area contributed by atoms with E-state index in [1.807, 2.05) is 25.0 Å². The third-order valence-electron chi connectivity index (χ3n) is 7.72. The number of rotatable bonds is 4. The Morgan fingerprint density at radius 3 is 2.67 bits per heavy atom. The van der Waals surface area contributed by atoms with Gasteiger partial charge in [-0.25, -0.2) is 9.07 Å². The van der Waals surface area contributed by atoms with Crippen LogP contribution in [0.15, 0.2) is 54.2 Å². The van der Waals surface area contributed by atoms with Crippen LogP contribution in [0.3, 0.4) is 0 Å². The number of hydrogen-bond acceptors (Lipinski definition) is 3. The summed E-state index contributed by atoms with van der Waals surface area (Å²) in [4.78, 5) is 1.76. The van der Waals surface area contributed by atoms with Crippen LogP contribution in [-0.4, -0.2) is 29.0 Å². The Morgan fingerprint density at radius 2 is 1.94 bits per heavy atom. The maximum atomic E-state index is 14.3. The van der Waals surface area contributed by atoms with E-state index in [1.165, 1.54) is 22.8 Å². The summed E-state index contributed by atoms with van der Waals surface area (Å²) in [5.74, 6) is -0.203. The molecule has 0 bridgehead atoms. The van der Waals surface area contributed by atoms with Crippen LogP contribution >= 0.6 is 0 Å². The standard InChI is InChI=1S/C28H32FN3O/c1-18-8-11-22(12-9-18)32-25-15-21-6-5-7-23(28(21,2)16-20(25)17-30-32)27(33)19-10-13-24(29)26(14-19)31(3)4/h8-15,17,23,27,33H,5-7,16H2,1-4H3. The van der Waals surface area contributed by atoms with E-state index in [0.29, 0.717) is 5.69 Å². The summed E-state index contributed by atoms with van der Waals surface area (Å²) in [5, 5.41) is 16.2. The Kier molecular flexibility index (Phi) is 5.40. The molecule has 2 aliphatic carbocycles. The molecule has 1 fully saturated rings. The molecule has 3 aromatic rings. The van der Waals surface area contributed by atoms with Crippen molar-refractivity contribution < 1.29 is 9.50 Å². The number of hydrogen-bond donors (Lipinski definition) is 1. The number of aliphatic hydroxyl groups excluding tert-OH is 1. The van der Waals surface area contributed by atoms with Crippen LogP contribution in [0.1, 0.15) is 54.7 Å². The number of fused-ring (bicyclic) bond motifs is 2. The first-order chi connectivity index (χ1) is 15.8. The highest BCUT2D eigenvalue weighted by Crippen LogP contribution is 2.55. The molecule has 1 N–H and O–H groups in total. The molecule has 0 spiro atoms. The Morgan fingerprint density at radius 1 is 1.18 bits per heavy atom. The van der Waals surface area contributed by atoms with Crippen molar-refractivity contribution in [1.82, 2.24) is 9.78 Å². The number of aromatic nitrogens is 2. The molecule has 33 heavy (non-hydrogen) atoms. The molecule has 3 unspecified atom stereocenters. The highest BCUT2D eigenvalue weighted by Gasteiger charge is 2.46. The van der Waals surface area contributed by atoms with Gasteiger partial charge in [-0.1, -0.05) is 36.3 Å². The van der Waals surface area contributed by atoms with Gasteiger partial charge in [-0.15, -0.1) is 0 Å². The predicted octanol–water partition coefficient (Wildman–Crippen LogP) is 5.87. The highest BCUT2D eigenvalue weighted by molar-refractivity contribution is 5.61. The lowest BCUT2D eigenvalue weighted by Gasteiger charge is -2.47. The largest absolute Gasteiger partial charge is 0.388 e. The summed E-state index contributed by atoms with van der Waals surface area (Å²) in [5.41, 5.74) is 7.19. The summed E-state index contributed by atoms with van der Waals surface area (Å²) in [6.45, 7) is 4.38. The van der Waals surface area contributed by atoms with Crippen molar-refractivity contribution in [2.75, 3.05) is 19.0 Å². The zero-order chi connectivity index (χ0) is 23.3. The van der Waals surface area contributed by atoms with Crippen molar-refractivity contribution in [1.29, 1.82) is 0 Å². The molecule has 2 aromatic carbocycles. The number of nitrogens with zero attached hydrogens (tertiary/aromatic N) is 3. The molecular formula is C28H32FN3O. The van der Waals surface area contributed by atoms with Gasteiger partial charge in [-0.05, 0) is 85.4 Å². The minimum atomic E-state index is -0.647. The first-order valence-corrected chi connectivity index (χ1v) is 11.8. The molecule has 5 heteroatoms. The molecule has 5 rings (SSSR count). The van der Waals surface area contributed by atoms with Crippen LogP contribution in [0.25, 0.3) is 11.8 Å². The first kappa shape index (κ1) is 21.9. The number of allylic oxidation sites excluding steroid dienone is 1. The molecule has 0 aliphatic heterocycles. The van der Waals surface area contributed by atoms with E-state index in [2.05, 4.69) is 44.2 Å². The predicted molar refractivity (Wildman–Crippen MR) is 131 cm³/mol. The molecule has 0 saturated heterocycles. The van der Waals surface area contributed by atoms with Crippen LogP contribution in [-0.2, 0) is 6.42 Å². The van der Waals surface area contributed by atoms with Gasteiger partial charge in [-0.3, -0.25) is 0 Å². The lowest BCUT2D eigenvalue weighted by molar-refractivity contribution is 0.0217. The summed E-state index contributed by atoms with van der Waals surface area (Å²) in [6.07, 6.45) is 7.51. The van der Waals surface area contributed by atoms with Crippen molar-refractivity contribution in [3.63, 3.8) is 0 Å². The molecule has 0 amide bonds. The minimum Gasteiger partial charge on any atom is -0.388 e. The number of aliphatic hydroxyl groups is 1. The van der Waals surface area contributed by atoms with Crippen LogP contribution in [0.5, 0.6) is 0 Å². The normalized spacial score (nSPS) is 22.8. The maximum absolute atomic E-state index is 14.3. The average molecular weight is 446 g/mol. The zero-order valence-electron chi connectivity index (χ0n) is 19.8. The Balaban J connectivity index is 1.50. The molecule has 1 saturated carbocycles. The second-order valence-corrected chi connectivity index (χ2v) is 10.1. The van der Waals surface area contributed by atoms with E-state index < -0.39 is 6.10 Å². The Labute approximate surface area is 195 Å². The molecule has 2 aliphatic rings. The van der Waals surface area contributed by atoms with Crippen molar-refractivity contribution in [2.45, 2.75) is 45.6 Å². The van der Waals surface area contributed by atoms with E-state index in [4.69, 9.17) is 5.10 Å². The maximum Gasteiger partial charge on any atom is 0.146 e. The molecular weight excluding hydrogens is 413 g/mol. The monoisotopic (exact) mass is 445 g/mol. The van der Waals surface area contributed by atoms with Gasteiger partial charge < -0.3 is 10.0 Å². The van der Waals surface area contributed by atoms with E-state index >= 15 is 0 Å². The summed E-state index contributed by atoms with van der Waals surface area (Å²) in [6, 6.07) is 13.4. The second kappa shape index (κ2) is 8.14. The van der Waals surface area contributed by atoms with E-state index in [1.54, 1.807) is 17.0 Å². The van der Waals surface area contributed by atoms with E-state index in [-0.39, 0.29) is 17.2 Å². The third kappa shape index (κ3) is 3.68. The average Bonchev–Trinajstić information content (AvgIpc) is 3.19. The summed E-state index contributed by atoms with van der Waals surface area (Å²) in [7, 11) is 3.65. The SMILES string of the molecule is Cc1ccc(-n2ncc3c2C=C2CCCC(C(O)c4ccc(F)c(N(C)C)c4)C2(C)C3)cc1. The molecule has 4 nitrogen and oxygen atoms in total. The van der Waals surface area contributed by atoms with Crippen molar-refractivity contribution in [3.8, 4) is 5.69 Å². The molecule has 172 valence electrons. The lowest BCUT2D eigenvalue weighted by Crippen LogP contribution is -2.40. The molecule has 1 aromatic heterocycles. The fraction of sp³-hybridized carbons (Fsp3) is 0.393. The summed E-state index contributed by atoms with van der Waals surface area (Å²) >= 11 is 0. The number of anilines is 1. The van der Waals surface area contributed by atoms with Gasteiger partial charge in [0.1, 0.15) is 5.82 Å². The van der Waals surface area contributed by atoms with Crippen LogP contribution in [0, 0.1) is 24.1 Å². The van der Waals surface area contributed by atoms with Crippen LogP contribution in [0.2, 0.25) is 0 Å².